The van der Waals surface area contributed by atoms with E-state index in [1.54, 1.807) is 19.9 Å². The zero-order valence-corrected chi connectivity index (χ0v) is 20.9. The Morgan fingerprint density at radius 1 is 1.14 bits per heavy atom. The molecule has 2 nitrogen and oxygen atoms in total. The van der Waals surface area contributed by atoms with Crippen molar-refractivity contribution >= 4 is 24.9 Å². The second-order valence-electron chi connectivity index (χ2n) is 10.1. The fourth-order valence-corrected chi connectivity index (χ4v) is 4.50. The first-order valence-electron chi connectivity index (χ1n) is 10.4. The molecule has 3 rings (SSSR count). The molecule has 28 heavy (non-hydrogen) atoms. The van der Waals surface area contributed by atoms with Gasteiger partial charge in [-0.2, -0.15) is 0 Å². The minimum Gasteiger partial charge on any atom is -0.337 e. The average Bonchev–Trinajstić information content (AvgIpc) is 3.17. The molecular formula is C23H41FNOPS. The van der Waals surface area contributed by atoms with Gasteiger partial charge in [0.25, 0.3) is 0 Å². The molecule has 2 aliphatic rings. The van der Waals surface area contributed by atoms with Gasteiger partial charge in [0.05, 0.1) is 6.61 Å². The van der Waals surface area contributed by atoms with Crippen LogP contribution in [0.2, 0.25) is 0 Å². The standard InChI is InChI=1S/C14H29NOS.C9H12FP/c1-14(2,3)17(4,5)16-8-6-7-15-10-12-9-13(12)11-15;1-9(2,10)7-4-3-5-8(11)6-7/h12-13H,6-11H2,1-5H3;3-6H,11H2,1-2H3. The van der Waals surface area contributed by atoms with Crippen molar-refractivity contribution in [2.24, 2.45) is 11.8 Å². The number of rotatable bonds is 6. The van der Waals surface area contributed by atoms with Crippen molar-refractivity contribution in [1.82, 2.24) is 4.90 Å². The number of hydrogen-bond donors (Lipinski definition) is 0. The normalized spacial score (nSPS) is 23.0. The minimum atomic E-state index is -1.23. The largest absolute Gasteiger partial charge is 0.337 e. The van der Waals surface area contributed by atoms with Gasteiger partial charge >= 0.3 is 0 Å². The molecule has 1 heterocycles. The highest BCUT2D eigenvalue weighted by atomic mass is 32.3. The van der Waals surface area contributed by atoms with Crippen molar-refractivity contribution in [2.75, 3.05) is 38.8 Å². The van der Waals surface area contributed by atoms with Crippen LogP contribution in [0.3, 0.4) is 0 Å². The Morgan fingerprint density at radius 2 is 1.75 bits per heavy atom. The van der Waals surface area contributed by atoms with Crippen LogP contribution in [-0.4, -0.2) is 48.4 Å². The van der Waals surface area contributed by atoms with E-state index in [1.807, 2.05) is 18.2 Å². The molecule has 2 fully saturated rings. The summed E-state index contributed by atoms with van der Waals surface area (Å²) in [6.07, 6.45) is 7.29. The van der Waals surface area contributed by atoms with Crippen LogP contribution in [-0.2, 0) is 9.85 Å². The quantitative estimate of drug-likeness (QED) is 0.436. The SMILES string of the molecule is CC(C)(C)S(C)(C)OCCCN1CC2CC2C1.CC(C)(F)c1cccc(P)c1. The summed E-state index contributed by atoms with van der Waals surface area (Å²) in [4.78, 5) is 2.63. The van der Waals surface area contributed by atoms with Gasteiger partial charge in [0, 0.05) is 24.4 Å². The van der Waals surface area contributed by atoms with Gasteiger partial charge in [0.1, 0.15) is 5.67 Å². The first-order chi connectivity index (χ1) is 12.8. The molecular weight excluding hydrogens is 388 g/mol. The minimum absolute atomic E-state index is 0.294. The highest BCUT2D eigenvalue weighted by Crippen LogP contribution is 2.53. The molecule has 1 aliphatic carbocycles. The van der Waals surface area contributed by atoms with E-state index in [0.29, 0.717) is 4.75 Å². The summed E-state index contributed by atoms with van der Waals surface area (Å²) in [5, 5.41) is 1.02. The van der Waals surface area contributed by atoms with E-state index in [2.05, 4.69) is 47.4 Å². The van der Waals surface area contributed by atoms with Gasteiger partial charge in [-0.3, -0.25) is 0 Å². The third-order valence-corrected chi connectivity index (χ3v) is 10.2. The number of fused-ring (bicyclic) bond motifs is 1. The maximum atomic E-state index is 13.3. The van der Waals surface area contributed by atoms with Gasteiger partial charge in [0.2, 0.25) is 0 Å². The van der Waals surface area contributed by atoms with Crippen molar-refractivity contribution in [2.45, 2.75) is 57.9 Å². The molecule has 5 heteroatoms. The number of likely N-dealkylation sites (tertiary alicyclic amines) is 1. The van der Waals surface area contributed by atoms with Crippen LogP contribution in [0.25, 0.3) is 0 Å². The topological polar surface area (TPSA) is 12.5 Å². The van der Waals surface area contributed by atoms with Crippen molar-refractivity contribution < 1.29 is 8.57 Å². The lowest BCUT2D eigenvalue weighted by molar-refractivity contribution is 0.221. The highest BCUT2D eigenvalue weighted by Gasteiger charge is 2.44. The van der Waals surface area contributed by atoms with E-state index < -0.39 is 16.0 Å². The molecule has 1 saturated carbocycles. The zero-order valence-electron chi connectivity index (χ0n) is 18.9. The molecule has 1 aliphatic heterocycles. The lowest BCUT2D eigenvalue weighted by Crippen LogP contribution is -2.27. The predicted octanol–water partition coefficient (Wildman–Crippen LogP) is 5.51. The van der Waals surface area contributed by atoms with Crippen LogP contribution < -0.4 is 5.30 Å². The van der Waals surface area contributed by atoms with Crippen molar-refractivity contribution in [3.63, 3.8) is 0 Å². The Bertz CT molecular complexity index is 628. The van der Waals surface area contributed by atoms with Crippen LogP contribution in [0.4, 0.5) is 4.39 Å². The van der Waals surface area contributed by atoms with E-state index in [1.165, 1.54) is 32.5 Å². The van der Waals surface area contributed by atoms with Crippen molar-refractivity contribution in [3.8, 4) is 0 Å². The van der Waals surface area contributed by atoms with E-state index in [4.69, 9.17) is 4.18 Å². The molecule has 1 aromatic carbocycles. The molecule has 3 unspecified atom stereocenters. The molecule has 1 aromatic rings. The van der Waals surface area contributed by atoms with E-state index in [0.717, 1.165) is 29.3 Å². The summed E-state index contributed by atoms with van der Waals surface area (Å²) < 4.78 is 19.7. The van der Waals surface area contributed by atoms with Gasteiger partial charge in [-0.05, 0) is 68.0 Å². The highest BCUT2D eigenvalue weighted by molar-refractivity contribution is 8.29. The van der Waals surface area contributed by atoms with Gasteiger partial charge < -0.3 is 9.08 Å². The summed E-state index contributed by atoms with van der Waals surface area (Å²) in [5.41, 5.74) is -0.503. The number of halogens is 1. The first kappa shape index (κ1) is 24.1. The monoisotopic (exact) mass is 429 g/mol. The Kier molecular flexibility index (Phi) is 8.04. The number of alkyl halides is 1. The average molecular weight is 430 g/mol. The number of hydrogen-bond acceptors (Lipinski definition) is 2. The van der Waals surface area contributed by atoms with E-state index in [9.17, 15) is 4.39 Å². The summed E-state index contributed by atoms with van der Waals surface area (Å²) in [6.45, 7) is 14.9. The lowest BCUT2D eigenvalue weighted by atomic mass is 10.0. The van der Waals surface area contributed by atoms with Crippen molar-refractivity contribution in [1.29, 1.82) is 0 Å². The van der Waals surface area contributed by atoms with Crippen LogP contribution in [0.5, 0.6) is 0 Å². The summed E-state index contributed by atoms with van der Waals surface area (Å²) in [7, 11) is 1.64. The van der Waals surface area contributed by atoms with E-state index in [-0.39, 0.29) is 0 Å². The van der Waals surface area contributed by atoms with E-state index >= 15 is 0 Å². The lowest BCUT2D eigenvalue weighted by Gasteiger charge is -2.43. The summed E-state index contributed by atoms with van der Waals surface area (Å²) >= 11 is 0. The fraction of sp³-hybridized carbons (Fsp3) is 0.739. The Balaban J connectivity index is 0.000000221. The molecule has 3 atom stereocenters. The number of nitrogens with zero attached hydrogens (tertiary/aromatic N) is 1. The third kappa shape index (κ3) is 7.27. The summed E-state index contributed by atoms with van der Waals surface area (Å²) in [6, 6.07) is 7.43. The van der Waals surface area contributed by atoms with Gasteiger partial charge in [0.15, 0.2) is 0 Å². The molecule has 0 spiro atoms. The maximum Gasteiger partial charge on any atom is 0.130 e. The van der Waals surface area contributed by atoms with Gasteiger partial charge in [-0.25, -0.2) is 4.39 Å². The van der Waals surface area contributed by atoms with Crippen LogP contribution >= 0.6 is 19.5 Å². The Labute approximate surface area is 176 Å². The summed E-state index contributed by atoms with van der Waals surface area (Å²) in [5.74, 6) is 2.13. The second kappa shape index (κ2) is 9.33. The number of piperidine rings is 1. The van der Waals surface area contributed by atoms with Gasteiger partial charge in [-0.15, -0.1) is 19.5 Å². The van der Waals surface area contributed by atoms with Crippen LogP contribution in [0, 0.1) is 11.8 Å². The molecule has 0 amide bonds. The smallest absolute Gasteiger partial charge is 0.130 e. The Morgan fingerprint density at radius 3 is 2.21 bits per heavy atom. The zero-order chi connectivity index (χ0) is 21.2. The van der Waals surface area contributed by atoms with Crippen molar-refractivity contribution in [3.05, 3.63) is 29.8 Å². The number of benzene rings is 1. The molecule has 1 saturated heterocycles. The second-order valence-corrected chi connectivity index (χ2v) is 14.7. The predicted molar refractivity (Wildman–Crippen MR) is 128 cm³/mol. The first-order valence-corrected chi connectivity index (χ1v) is 13.4. The third-order valence-electron chi connectivity index (χ3n) is 6.10. The Hall–Kier alpha value is -0.150. The molecule has 0 bridgehead atoms. The molecule has 0 aromatic heterocycles. The van der Waals surface area contributed by atoms with Crippen LogP contribution in [0.15, 0.2) is 24.3 Å². The van der Waals surface area contributed by atoms with Crippen LogP contribution in [0.1, 0.15) is 53.0 Å². The maximum absolute atomic E-state index is 13.3. The molecule has 0 N–H and O–H groups in total. The molecule has 0 radical (unpaired) electrons. The van der Waals surface area contributed by atoms with Gasteiger partial charge in [-0.1, -0.05) is 39.0 Å². The molecule has 162 valence electrons. The fourth-order valence-electron chi connectivity index (χ4n) is 3.32.